The van der Waals surface area contributed by atoms with Crippen molar-refractivity contribution in [3.05, 3.63) is 267 Å². The van der Waals surface area contributed by atoms with Gasteiger partial charge in [-0.25, -0.2) is 4.98 Å². The van der Waals surface area contributed by atoms with Gasteiger partial charge in [0.15, 0.2) is 11.6 Å². The topological polar surface area (TPSA) is 53.5 Å². The molecule has 4 aromatic heterocycles. The molecule has 0 saturated carbocycles. The molecule has 15 rings (SSSR count). The van der Waals surface area contributed by atoms with Gasteiger partial charge in [0.25, 0.3) is 0 Å². The molecule has 0 aliphatic heterocycles. The second-order valence-corrected chi connectivity index (χ2v) is 19.2. The van der Waals surface area contributed by atoms with Gasteiger partial charge < -0.3 is 9.13 Å². The number of benzene rings is 11. The van der Waals surface area contributed by atoms with Gasteiger partial charge in [-0.2, -0.15) is 9.97 Å². The van der Waals surface area contributed by atoms with Crippen LogP contribution in [0, 0.1) is 0 Å². The van der Waals surface area contributed by atoms with Crippen LogP contribution in [0.5, 0.6) is 0 Å². The Kier molecular flexibility index (Phi) is 9.78. The summed E-state index contributed by atoms with van der Waals surface area (Å²) in [5.74, 6) is 1.68. The van der Waals surface area contributed by atoms with Crippen molar-refractivity contribution < 1.29 is 0 Å². The first-order chi connectivity index (χ1) is 37.2. The van der Waals surface area contributed by atoms with E-state index in [1.165, 1.54) is 10.8 Å². The lowest BCUT2D eigenvalue weighted by Gasteiger charge is -2.16. The summed E-state index contributed by atoms with van der Waals surface area (Å²) in [6.45, 7) is 0. The number of hydrogen-bond donors (Lipinski definition) is 0. The van der Waals surface area contributed by atoms with E-state index in [0.717, 1.165) is 111 Å². The molecule has 6 nitrogen and oxygen atoms in total. The molecule has 0 radical (unpaired) electrons. The normalized spacial score (nSPS) is 11.7. The third-order valence-corrected chi connectivity index (χ3v) is 14.9. The number of rotatable bonds is 8. The van der Waals surface area contributed by atoms with Crippen molar-refractivity contribution in [3.63, 3.8) is 0 Å². The first-order valence-corrected chi connectivity index (χ1v) is 25.4. The number of para-hydroxylation sites is 4. The molecule has 0 bridgehead atoms. The fraction of sp³-hybridized carbons (Fsp3) is 0. The second kappa shape index (κ2) is 17.3. The lowest BCUT2D eigenvalue weighted by Crippen LogP contribution is -2.07. The molecule has 0 spiro atoms. The largest absolute Gasteiger partial charge is 0.309 e. The van der Waals surface area contributed by atoms with Crippen molar-refractivity contribution in [2.45, 2.75) is 0 Å². The quantitative estimate of drug-likeness (QED) is 0.152. The predicted octanol–water partition coefficient (Wildman–Crippen LogP) is 17.5. The van der Waals surface area contributed by atoms with Crippen LogP contribution >= 0.6 is 0 Å². The molecule has 0 aliphatic carbocycles. The summed E-state index contributed by atoms with van der Waals surface area (Å²) in [6, 6.07) is 95.2. The molecular formula is C69H44N6. The zero-order chi connectivity index (χ0) is 49.4. The fourth-order valence-electron chi connectivity index (χ4n) is 11.5. The average Bonchev–Trinajstić information content (AvgIpc) is 4.26. The number of hydrogen-bond acceptors (Lipinski definition) is 3. The highest BCUT2D eigenvalue weighted by Crippen LogP contribution is 2.47. The maximum atomic E-state index is 5.61. The van der Waals surface area contributed by atoms with Crippen molar-refractivity contribution >= 4 is 65.4 Å². The number of aromatic nitrogens is 6. The van der Waals surface area contributed by atoms with E-state index in [9.17, 15) is 0 Å². The van der Waals surface area contributed by atoms with E-state index >= 15 is 0 Å². The number of nitrogens with zero attached hydrogens (tertiary/aromatic N) is 6. The minimum Gasteiger partial charge on any atom is -0.309 e. The molecule has 0 N–H and O–H groups in total. The summed E-state index contributed by atoms with van der Waals surface area (Å²) in [4.78, 5) is 16.6. The van der Waals surface area contributed by atoms with Crippen LogP contribution < -0.4 is 0 Å². The van der Waals surface area contributed by atoms with Crippen molar-refractivity contribution in [2.75, 3.05) is 0 Å². The molecule has 0 saturated heterocycles. The van der Waals surface area contributed by atoms with Crippen molar-refractivity contribution in [1.82, 2.24) is 28.7 Å². The van der Waals surface area contributed by atoms with Gasteiger partial charge >= 0.3 is 0 Å². The zero-order valence-electron chi connectivity index (χ0n) is 40.6. The third-order valence-electron chi connectivity index (χ3n) is 14.9. The Labute approximate surface area is 432 Å². The van der Waals surface area contributed by atoms with Crippen LogP contribution in [-0.4, -0.2) is 28.7 Å². The molecule has 350 valence electrons. The summed E-state index contributed by atoms with van der Waals surface area (Å²) >= 11 is 0. The molecular weight excluding hydrogens is 913 g/mol. The smallest absolute Gasteiger partial charge is 0.238 e. The monoisotopic (exact) mass is 956 g/mol. The van der Waals surface area contributed by atoms with Gasteiger partial charge in [0.2, 0.25) is 5.95 Å². The Balaban J connectivity index is 1.10. The van der Waals surface area contributed by atoms with Gasteiger partial charge in [-0.05, 0) is 81.9 Å². The zero-order valence-corrected chi connectivity index (χ0v) is 40.6. The van der Waals surface area contributed by atoms with Crippen molar-refractivity contribution in [2.24, 2.45) is 0 Å². The SMILES string of the molecule is c1ccc(-c2ccc(-c3nc(-c4cccc(-c5ccccc5)c4)nc(-n4c5ccccc5c5c(-n6c7ccccc7c7ccccc76)cc6c7ccccc7n(-c7cccc(-c8ccccc8)c7)c6c54)n3)cc2)cc1. The van der Waals surface area contributed by atoms with Crippen LogP contribution in [0.15, 0.2) is 267 Å². The Hall–Kier alpha value is -10.2. The summed E-state index contributed by atoms with van der Waals surface area (Å²) < 4.78 is 7.24. The maximum Gasteiger partial charge on any atom is 0.238 e. The van der Waals surface area contributed by atoms with Crippen LogP contribution in [0.3, 0.4) is 0 Å². The summed E-state index contributed by atoms with van der Waals surface area (Å²) in [7, 11) is 0. The van der Waals surface area contributed by atoms with E-state index in [-0.39, 0.29) is 0 Å². The lowest BCUT2D eigenvalue weighted by atomic mass is 10.0. The molecule has 4 heterocycles. The first-order valence-electron chi connectivity index (χ1n) is 25.4. The van der Waals surface area contributed by atoms with Crippen molar-refractivity contribution in [1.29, 1.82) is 0 Å². The van der Waals surface area contributed by atoms with Gasteiger partial charge in [0.05, 0.1) is 38.8 Å². The Bertz CT molecular complexity index is 4630. The lowest BCUT2D eigenvalue weighted by molar-refractivity contribution is 0.953. The minimum atomic E-state index is 0.522. The van der Waals surface area contributed by atoms with Crippen LogP contribution in [0.1, 0.15) is 0 Å². The Morgan fingerprint density at radius 3 is 1.25 bits per heavy atom. The molecule has 15 aromatic rings. The van der Waals surface area contributed by atoms with Crippen LogP contribution in [0.25, 0.3) is 139 Å². The van der Waals surface area contributed by atoms with E-state index < -0.39 is 0 Å². The van der Waals surface area contributed by atoms with E-state index in [4.69, 9.17) is 15.0 Å². The average molecular weight is 957 g/mol. The van der Waals surface area contributed by atoms with Gasteiger partial charge in [-0.1, -0.05) is 218 Å². The van der Waals surface area contributed by atoms with E-state index in [2.05, 4.69) is 275 Å². The summed E-state index contributed by atoms with van der Waals surface area (Å²) in [5, 5.41) is 6.84. The van der Waals surface area contributed by atoms with Gasteiger partial charge in [-0.3, -0.25) is 4.57 Å². The highest BCUT2D eigenvalue weighted by molar-refractivity contribution is 6.27. The predicted molar refractivity (Wildman–Crippen MR) is 310 cm³/mol. The Morgan fingerprint density at radius 1 is 0.240 bits per heavy atom. The molecule has 0 fully saturated rings. The van der Waals surface area contributed by atoms with Gasteiger partial charge in [0.1, 0.15) is 0 Å². The van der Waals surface area contributed by atoms with E-state index in [0.29, 0.717) is 17.6 Å². The van der Waals surface area contributed by atoms with E-state index in [1.807, 2.05) is 6.07 Å². The van der Waals surface area contributed by atoms with Crippen LogP contribution in [0.4, 0.5) is 0 Å². The standard InChI is InChI=1S/C69H44N6/c1-4-20-45(21-5-1)48-38-40-49(41-39-48)67-70-68(52-28-18-26-50(42-52)46-22-6-2-7-23-46)72-69(71-67)75-62-37-17-13-33-57(62)64-63(74-60-35-15-10-30-54(60)55-31-11-16-36-61(55)74)44-58-56-32-12-14-34-59(56)73(65(58)66(64)75)53-29-19-27-51(43-53)47-24-8-3-9-25-47/h1-44H. The van der Waals surface area contributed by atoms with Crippen LogP contribution in [0.2, 0.25) is 0 Å². The number of fused-ring (bicyclic) bond motifs is 10. The summed E-state index contributed by atoms with van der Waals surface area (Å²) in [5.41, 5.74) is 17.1. The molecule has 75 heavy (non-hydrogen) atoms. The van der Waals surface area contributed by atoms with Gasteiger partial charge in [-0.15, -0.1) is 0 Å². The fourth-order valence-corrected chi connectivity index (χ4v) is 11.5. The second-order valence-electron chi connectivity index (χ2n) is 19.2. The third kappa shape index (κ3) is 6.92. The molecule has 6 heteroatoms. The Morgan fingerprint density at radius 2 is 0.653 bits per heavy atom. The highest BCUT2D eigenvalue weighted by atomic mass is 15.2. The molecule has 0 aliphatic rings. The minimum absolute atomic E-state index is 0.522. The van der Waals surface area contributed by atoms with E-state index in [1.54, 1.807) is 0 Å². The maximum absolute atomic E-state index is 5.61. The van der Waals surface area contributed by atoms with Crippen LogP contribution in [-0.2, 0) is 0 Å². The molecule has 11 aromatic carbocycles. The van der Waals surface area contributed by atoms with Crippen molar-refractivity contribution in [3.8, 4) is 73.5 Å². The first kappa shape index (κ1) is 42.5. The molecule has 0 unspecified atom stereocenters. The summed E-state index contributed by atoms with van der Waals surface area (Å²) in [6.07, 6.45) is 0. The molecule has 0 atom stereocenters. The van der Waals surface area contributed by atoms with Gasteiger partial charge in [0, 0.05) is 49.1 Å². The highest BCUT2D eigenvalue weighted by Gasteiger charge is 2.28. The molecule has 0 amide bonds.